The van der Waals surface area contributed by atoms with Crippen LogP contribution in [0.2, 0.25) is 0 Å². The lowest BCUT2D eigenvalue weighted by Crippen LogP contribution is -2.23. The Morgan fingerprint density at radius 1 is 1.15 bits per heavy atom. The number of benzene rings is 1. The van der Waals surface area contributed by atoms with Gasteiger partial charge in [0.25, 0.3) is 0 Å². The van der Waals surface area contributed by atoms with E-state index >= 15 is 0 Å². The number of nitrogens with zero attached hydrogens (tertiary/aromatic N) is 3. The van der Waals surface area contributed by atoms with Crippen LogP contribution in [-0.2, 0) is 6.18 Å². The molecule has 0 N–H and O–H groups in total. The number of aromatic nitrogens is 2. The van der Waals surface area contributed by atoms with Gasteiger partial charge >= 0.3 is 6.18 Å². The van der Waals surface area contributed by atoms with Gasteiger partial charge in [-0.1, -0.05) is 18.6 Å². The fourth-order valence-corrected chi connectivity index (χ4v) is 3.53. The summed E-state index contributed by atoms with van der Waals surface area (Å²) in [5.41, 5.74) is -0.191. The topological polar surface area (TPSA) is 38.2 Å². The van der Waals surface area contributed by atoms with E-state index in [-0.39, 0.29) is 12.1 Å². The van der Waals surface area contributed by atoms with Crippen molar-refractivity contribution >= 4 is 27.6 Å². The number of ether oxygens (including phenoxy) is 1. The molecule has 1 fully saturated rings. The van der Waals surface area contributed by atoms with Gasteiger partial charge in [-0.15, -0.1) is 0 Å². The summed E-state index contributed by atoms with van der Waals surface area (Å²) in [6.07, 6.45) is 0.504. The summed E-state index contributed by atoms with van der Waals surface area (Å²) in [5.74, 6) is -0.246. The minimum absolute atomic E-state index is 0.149. The first-order valence-corrected chi connectivity index (χ1v) is 9.24. The Kier molecular flexibility index (Phi) is 5.70. The zero-order valence-corrected chi connectivity index (χ0v) is 15.8. The third kappa shape index (κ3) is 4.28. The first-order valence-electron chi connectivity index (χ1n) is 8.45. The van der Waals surface area contributed by atoms with E-state index in [1.165, 1.54) is 0 Å². The number of alkyl halides is 3. The molecule has 4 nitrogen and oxygen atoms in total. The van der Waals surface area contributed by atoms with E-state index in [0.717, 1.165) is 48.5 Å². The fourth-order valence-electron chi connectivity index (χ4n) is 2.98. The smallest absolute Gasteiger partial charge is 0.423 e. The number of para-hydroxylation sites is 1. The molecule has 1 aromatic heterocycles. The average Bonchev–Trinajstić information content (AvgIpc) is 2.61. The molecule has 3 rings (SSSR count). The summed E-state index contributed by atoms with van der Waals surface area (Å²) in [4.78, 5) is 9.64. The van der Waals surface area contributed by atoms with Crippen LogP contribution in [0.4, 0.5) is 24.8 Å². The Morgan fingerprint density at radius 2 is 1.85 bits per heavy atom. The molecular weight excluding hydrogens is 411 g/mol. The molecule has 0 saturated heterocycles. The summed E-state index contributed by atoms with van der Waals surface area (Å²) in [6, 6.07) is 7.36. The van der Waals surface area contributed by atoms with Gasteiger partial charge in [0.2, 0.25) is 11.8 Å². The van der Waals surface area contributed by atoms with Crippen LogP contribution in [0, 0.1) is 0 Å². The molecule has 0 aliphatic heterocycles. The highest BCUT2D eigenvalue weighted by atomic mass is 79.9. The second-order valence-electron chi connectivity index (χ2n) is 6.27. The van der Waals surface area contributed by atoms with E-state index in [1.807, 2.05) is 24.3 Å². The maximum absolute atomic E-state index is 13.3. The van der Waals surface area contributed by atoms with Crippen molar-refractivity contribution in [2.24, 2.45) is 0 Å². The summed E-state index contributed by atoms with van der Waals surface area (Å²) < 4.78 is 46.5. The van der Waals surface area contributed by atoms with Crippen molar-refractivity contribution in [3.05, 3.63) is 40.5 Å². The molecule has 0 radical (unpaired) electrons. The summed E-state index contributed by atoms with van der Waals surface area (Å²) in [6.45, 7) is 0. The normalized spacial score (nSPS) is 15.7. The fraction of sp³-hybridized carbons (Fsp3) is 0.444. The molecule has 2 aromatic rings. The van der Waals surface area contributed by atoms with Gasteiger partial charge in [0.1, 0.15) is 11.7 Å². The zero-order valence-electron chi connectivity index (χ0n) is 14.3. The number of rotatable bonds is 4. The Balaban J connectivity index is 1.94. The lowest BCUT2D eigenvalue weighted by atomic mass is 9.98. The van der Waals surface area contributed by atoms with Crippen molar-refractivity contribution in [2.45, 2.75) is 44.4 Å². The van der Waals surface area contributed by atoms with Gasteiger partial charge in [-0.2, -0.15) is 18.2 Å². The van der Waals surface area contributed by atoms with Gasteiger partial charge in [-0.3, -0.25) is 0 Å². The second kappa shape index (κ2) is 7.82. The van der Waals surface area contributed by atoms with Gasteiger partial charge in [0, 0.05) is 17.7 Å². The van der Waals surface area contributed by atoms with Crippen LogP contribution in [-0.4, -0.2) is 23.1 Å². The van der Waals surface area contributed by atoms with Crippen LogP contribution in [0.5, 0.6) is 5.88 Å². The lowest BCUT2D eigenvalue weighted by Gasteiger charge is -2.25. The number of anilines is 2. The van der Waals surface area contributed by atoms with Crippen LogP contribution in [0.15, 0.2) is 34.9 Å². The molecule has 0 amide bonds. The predicted octanol–water partition coefficient (Wildman–Crippen LogP) is 5.74. The summed E-state index contributed by atoms with van der Waals surface area (Å²) in [7, 11) is 1.70. The Labute approximate surface area is 158 Å². The Bertz CT molecular complexity index is 764. The van der Waals surface area contributed by atoms with Crippen LogP contribution in [0.25, 0.3) is 0 Å². The first-order chi connectivity index (χ1) is 12.4. The van der Waals surface area contributed by atoms with Gasteiger partial charge in [-0.05, 0) is 53.7 Å². The minimum Gasteiger partial charge on any atom is -0.474 e. The van der Waals surface area contributed by atoms with Gasteiger partial charge in [0.15, 0.2) is 0 Å². The number of hydrogen-bond acceptors (Lipinski definition) is 4. The molecule has 1 aromatic carbocycles. The molecule has 0 bridgehead atoms. The Hall–Kier alpha value is -1.83. The highest BCUT2D eigenvalue weighted by molar-refractivity contribution is 9.10. The quantitative estimate of drug-likeness (QED) is 0.621. The monoisotopic (exact) mass is 429 g/mol. The number of hydrogen-bond donors (Lipinski definition) is 0. The van der Waals surface area contributed by atoms with E-state index in [9.17, 15) is 13.2 Å². The van der Waals surface area contributed by atoms with E-state index in [1.54, 1.807) is 11.9 Å². The van der Waals surface area contributed by atoms with Crippen molar-refractivity contribution in [1.29, 1.82) is 0 Å². The van der Waals surface area contributed by atoms with Crippen molar-refractivity contribution in [1.82, 2.24) is 9.97 Å². The third-order valence-corrected chi connectivity index (χ3v) is 5.06. The standard InChI is InChI=1S/C18H19BrF3N3O/c1-25(15-10-6-5-9-14(15)19)17-23-11-13(18(20,21)22)16(24-17)26-12-7-3-2-4-8-12/h5-6,9-12H,2-4,7-8H2,1H3. The molecule has 0 spiro atoms. The largest absolute Gasteiger partial charge is 0.474 e. The molecule has 1 saturated carbocycles. The Morgan fingerprint density at radius 3 is 2.50 bits per heavy atom. The van der Waals surface area contributed by atoms with Gasteiger partial charge < -0.3 is 9.64 Å². The second-order valence-corrected chi connectivity index (χ2v) is 7.13. The van der Waals surface area contributed by atoms with Gasteiger partial charge in [0.05, 0.1) is 5.69 Å². The highest BCUT2D eigenvalue weighted by Gasteiger charge is 2.37. The van der Waals surface area contributed by atoms with Crippen LogP contribution in [0.3, 0.4) is 0 Å². The van der Waals surface area contributed by atoms with Crippen molar-refractivity contribution < 1.29 is 17.9 Å². The van der Waals surface area contributed by atoms with Crippen molar-refractivity contribution in [2.75, 3.05) is 11.9 Å². The highest BCUT2D eigenvalue weighted by Crippen LogP contribution is 2.38. The molecule has 1 aliphatic rings. The third-order valence-electron chi connectivity index (χ3n) is 4.39. The molecule has 8 heteroatoms. The molecule has 0 atom stereocenters. The van der Waals surface area contributed by atoms with Crippen LogP contribution in [0.1, 0.15) is 37.7 Å². The molecule has 1 aliphatic carbocycles. The van der Waals surface area contributed by atoms with Gasteiger partial charge in [-0.25, -0.2) is 4.98 Å². The van der Waals surface area contributed by atoms with E-state index < -0.39 is 17.6 Å². The van der Waals surface area contributed by atoms with Crippen LogP contribution >= 0.6 is 15.9 Å². The minimum atomic E-state index is -4.56. The zero-order chi connectivity index (χ0) is 18.7. The maximum atomic E-state index is 13.3. The molecule has 26 heavy (non-hydrogen) atoms. The maximum Gasteiger partial charge on any atom is 0.423 e. The predicted molar refractivity (Wildman–Crippen MR) is 96.7 cm³/mol. The number of halogens is 4. The molecule has 1 heterocycles. The van der Waals surface area contributed by atoms with Crippen molar-refractivity contribution in [3.8, 4) is 5.88 Å². The van der Waals surface area contributed by atoms with Crippen molar-refractivity contribution in [3.63, 3.8) is 0 Å². The van der Waals surface area contributed by atoms with Crippen LogP contribution < -0.4 is 9.64 Å². The first kappa shape index (κ1) is 18.9. The molecular formula is C18H19BrF3N3O. The lowest BCUT2D eigenvalue weighted by molar-refractivity contribution is -0.140. The molecule has 140 valence electrons. The summed E-state index contributed by atoms with van der Waals surface area (Å²) in [5, 5.41) is 0. The summed E-state index contributed by atoms with van der Waals surface area (Å²) >= 11 is 3.43. The SMILES string of the molecule is CN(c1ncc(C(F)(F)F)c(OC2CCCCC2)n1)c1ccccc1Br. The van der Waals surface area contributed by atoms with E-state index in [4.69, 9.17) is 4.74 Å². The van der Waals surface area contributed by atoms with E-state index in [0.29, 0.717) is 0 Å². The average molecular weight is 430 g/mol. The van der Waals surface area contributed by atoms with E-state index in [2.05, 4.69) is 25.9 Å². The molecule has 0 unspecified atom stereocenters.